The minimum absolute atomic E-state index is 0.619. The number of benzene rings is 7. The fraction of sp³-hybridized carbons (Fsp3) is 0. The van der Waals surface area contributed by atoms with E-state index in [1.807, 2.05) is 60.7 Å². The summed E-state index contributed by atoms with van der Waals surface area (Å²) in [6, 6.07) is 61.5. The van der Waals surface area contributed by atoms with Crippen LogP contribution in [0, 0.1) is 0 Å². The summed E-state index contributed by atoms with van der Waals surface area (Å²) in [6.07, 6.45) is 0. The second-order valence-electron chi connectivity index (χ2n) is 12.5. The SMILES string of the molecule is c1ccc(-c2nc(-c3ccccc3)nc(-c3ccc(-n4c5ccccc5c5ccccc54)c(-n4c5ccccc5c5ccccc54)c3)n2)cc1. The monoisotopic (exact) mass is 639 g/mol. The molecule has 0 aliphatic rings. The highest BCUT2D eigenvalue weighted by Crippen LogP contribution is 2.39. The summed E-state index contributed by atoms with van der Waals surface area (Å²) in [5.74, 6) is 1.90. The van der Waals surface area contributed by atoms with Crippen LogP contribution >= 0.6 is 0 Å². The van der Waals surface area contributed by atoms with Crippen LogP contribution in [0.15, 0.2) is 176 Å². The largest absolute Gasteiger partial charge is 0.307 e. The van der Waals surface area contributed by atoms with Gasteiger partial charge in [0.1, 0.15) is 0 Å². The van der Waals surface area contributed by atoms with Crippen molar-refractivity contribution in [2.75, 3.05) is 0 Å². The molecule has 0 aliphatic heterocycles. The zero-order valence-corrected chi connectivity index (χ0v) is 27.0. The van der Waals surface area contributed by atoms with E-state index in [0.29, 0.717) is 17.5 Å². The fourth-order valence-corrected chi connectivity index (χ4v) is 7.33. The maximum Gasteiger partial charge on any atom is 0.164 e. The van der Waals surface area contributed by atoms with Crippen LogP contribution < -0.4 is 0 Å². The summed E-state index contributed by atoms with van der Waals surface area (Å²) < 4.78 is 4.79. The van der Waals surface area contributed by atoms with Crippen molar-refractivity contribution in [3.63, 3.8) is 0 Å². The third kappa shape index (κ3) is 4.45. The molecular weight excluding hydrogens is 611 g/mol. The molecule has 0 atom stereocenters. The average molecular weight is 640 g/mol. The fourth-order valence-electron chi connectivity index (χ4n) is 7.33. The van der Waals surface area contributed by atoms with Gasteiger partial charge in [-0.1, -0.05) is 133 Å². The van der Waals surface area contributed by atoms with Gasteiger partial charge >= 0.3 is 0 Å². The molecule has 0 fully saturated rings. The van der Waals surface area contributed by atoms with E-state index in [9.17, 15) is 0 Å². The van der Waals surface area contributed by atoms with Crippen molar-refractivity contribution in [3.05, 3.63) is 176 Å². The van der Waals surface area contributed by atoms with Crippen LogP contribution in [-0.2, 0) is 0 Å². The highest BCUT2D eigenvalue weighted by Gasteiger charge is 2.21. The van der Waals surface area contributed by atoms with Gasteiger partial charge < -0.3 is 9.13 Å². The maximum atomic E-state index is 5.10. The minimum atomic E-state index is 0.619. The number of hydrogen-bond donors (Lipinski definition) is 0. The molecule has 10 rings (SSSR count). The molecule has 50 heavy (non-hydrogen) atoms. The summed E-state index contributed by atoms with van der Waals surface area (Å²) in [6.45, 7) is 0. The molecular formula is C45H29N5. The molecule has 0 bridgehead atoms. The summed E-state index contributed by atoms with van der Waals surface area (Å²) in [7, 11) is 0. The maximum absolute atomic E-state index is 5.10. The quantitative estimate of drug-likeness (QED) is 0.188. The summed E-state index contributed by atoms with van der Waals surface area (Å²) in [4.78, 5) is 15.1. The Morgan fingerprint density at radius 2 is 0.620 bits per heavy atom. The van der Waals surface area contributed by atoms with Gasteiger partial charge in [-0.05, 0) is 42.5 Å². The van der Waals surface area contributed by atoms with Crippen molar-refractivity contribution in [1.82, 2.24) is 24.1 Å². The highest BCUT2D eigenvalue weighted by molar-refractivity contribution is 6.11. The molecule has 5 heteroatoms. The molecule has 0 saturated heterocycles. The Hall–Kier alpha value is -6.85. The number of fused-ring (bicyclic) bond motifs is 6. The number of para-hydroxylation sites is 4. The lowest BCUT2D eigenvalue weighted by molar-refractivity contribution is 1.06. The Kier molecular flexibility index (Phi) is 6.42. The standard InChI is InChI=1S/C45H29N5/c1-3-15-30(16-4-1)43-46-44(31-17-5-2-6-18-31)48-45(47-43)32-27-28-41(49-37-23-11-7-19-33(37)34-20-8-12-24-38(34)49)42(29-32)50-39-25-13-9-21-35(39)36-22-10-14-26-40(36)50/h1-29H. The Morgan fingerprint density at radius 1 is 0.280 bits per heavy atom. The first-order chi connectivity index (χ1) is 24.8. The zero-order chi connectivity index (χ0) is 33.0. The molecule has 0 spiro atoms. The average Bonchev–Trinajstić information content (AvgIpc) is 3.71. The first kappa shape index (κ1) is 28.2. The van der Waals surface area contributed by atoms with E-state index >= 15 is 0 Å². The molecule has 0 amide bonds. The van der Waals surface area contributed by atoms with Crippen LogP contribution in [0.2, 0.25) is 0 Å². The van der Waals surface area contributed by atoms with E-state index in [-0.39, 0.29) is 0 Å². The van der Waals surface area contributed by atoms with E-state index in [4.69, 9.17) is 15.0 Å². The lowest BCUT2D eigenvalue weighted by Crippen LogP contribution is -2.05. The summed E-state index contributed by atoms with van der Waals surface area (Å²) in [5, 5.41) is 4.86. The van der Waals surface area contributed by atoms with E-state index in [1.54, 1.807) is 0 Å². The van der Waals surface area contributed by atoms with Gasteiger partial charge in [0.05, 0.1) is 33.4 Å². The van der Waals surface area contributed by atoms with E-state index in [0.717, 1.165) is 50.1 Å². The van der Waals surface area contributed by atoms with Crippen molar-refractivity contribution < 1.29 is 0 Å². The van der Waals surface area contributed by atoms with Crippen molar-refractivity contribution in [2.45, 2.75) is 0 Å². The number of hydrogen-bond acceptors (Lipinski definition) is 3. The van der Waals surface area contributed by atoms with E-state index in [1.165, 1.54) is 21.5 Å². The molecule has 234 valence electrons. The third-order valence-corrected chi connectivity index (χ3v) is 9.57. The van der Waals surface area contributed by atoms with Gasteiger partial charge in [0.15, 0.2) is 17.5 Å². The second kappa shape index (κ2) is 11.4. The third-order valence-electron chi connectivity index (χ3n) is 9.57. The molecule has 0 saturated carbocycles. The lowest BCUT2D eigenvalue weighted by atomic mass is 10.1. The predicted molar refractivity (Wildman–Crippen MR) is 205 cm³/mol. The van der Waals surface area contributed by atoms with Crippen LogP contribution in [0.4, 0.5) is 0 Å². The van der Waals surface area contributed by atoms with E-state index in [2.05, 4.69) is 124 Å². The normalized spacial score (nSPS) is 11.6. The van der Waals surface area contributed by atoms with Crippen LogP contribution in [0.3, 0.4) is 0 Å². The van der Waals surface area contributed by atoms with Gasteiger partial charge in [0.25, 0.3) is 0 Å². The number of aromatic nitrogens is 5. The molecule has 7 aromatic carbocycles. The van der Waals surface area contributed by atoms with Gasteiger partial charge in [-0.2, -0.15) is 0 Å². The smallest absolute Gasteiger partial charge is 0.164 e. The van der Waals surface area contributed by atoms with Gasteiger partial charge in [-0.3, -0.25) is 0 Å². The molecule has 3 heterocycles. The Balaban J connectivity index is 1.30. The molecule has 10 aromatic rings. The van der Waals surface area contributed by atoms with Crippen molar-refractivity contribution in [3.8, 4) is 45.5 Å². The molecule has 0 unspecified atom stereocenters. The van der Waals surface area contributed by atoms with E-state index < -0.39 is 0 Å². The topological polar surface area (TPSA) is 48.5 Å². The zero-order valence-electron chi connectivity index (χ0n) is 27.0. The molecule has 0 N–H and O–H groups in total. The second-order valence-corrected chi connectivity index (χ2v) is 12.5. The van der Waals surface area contributed by atoms with Gasteiger partial charge in [0.2, 0.25) is 0 Å². The number of rotatable bonds is 5. The Labute approximate surface area is 288 Å². The highest BCUT2D eigenvalue weighted by atomic mass is 15.1. The van der Waals surface area contributed by atoms with Crippen LogP contribution in [0.5, 0.6) is 0 Å². The minimum Gasteiger partial charge on any atom is -0.307 e. The van der Waals surface area contributed by atoms with Crippen molar-refractivity contribution >= 4 is 43.6 Å². The summed E-state index contributed by atoms with van der Waals surface area (Å²) >= 11 is 0. The van der Waals surface area contributed by atoms with Crippen LogP contribution in [0.1, 0.15) is 0 Å². The molecule has 5 nitrogen and oxygen atoms in total. The first-order valence-corrected chi connectivity index (χ1v) is 16.8. The van der Waals surface area contributed by atoms with Gasteiger partial charge in [-0.15, -0.1) is 0 Å². The van der Waals surface area contributed by atoms with Crippen LogP contribution in [0.25, 0.3) is 89.2 Å². The van der Waals surface area contributed by atoms with Crippen LogP contribution in [-0.4, -0.2) is 24.1 Å². The molecule has 0 radical (unpaired) electrons. The Morgan fingerprint density at radius 3 is 1.04 bits per heavy atom. The first-order valence-electron chi connectivity index (χ1n) is 16.8. The van der Waals surface area contributed by atoms with Gasteiger partial charge in [-0.25, -0.2) is 15.0 Å². The molecule has 3 aromatic heterocycles. The lowest BCUT2D eigenvalue weighted by Gasteiger charge is -2.18. The molecule has 0 aliphatic carbocycles. The van der Waals surface area contributed by atoms with Crippen molar-refractivity contribution in [1.29, 1.82) is 0 Å². The summed E-state index contributed by atoms with van der Waals surface area (Å²) in [5.41, 5.74) is 9.48. The van der Waals surface area contributed by atoms with Crippen molar-refractivity contribution in [2.24, 2.45) is 0 Å². The number of nitrogens with zero attached hydrogens (tertiary/aromatic N) is 5. The Bertz CT molecular complexity index is 2700. The van der Waals surface area contributed by atoms with Gasteiger partial charge in [0, 0.05) is 38.2 Å². The predicted octanol–water partition coefficient (Wildman–Crippen LogP) is 11.1.